The normalized spacial score (nSPS) is 11.7. The van der Waals surface area contributed by atoms with Crippen LogP contribution in [0.15, 0.2) is 28.9 Å². The van der Waals surface area contributed by atoms with E-state index in [-0.39, 0.29) is 5.92 Å². The number of halogens is 1. The lowest BCUT2D eigenvalue weighted by atomic mass is 10.2. The lowest BCUT2D eigenvalue weighted by Gasteiger charge is -2.01. The van der Waals surface area contributed by atoms with E-state index in [9.17, 15) is 0 Å². The maximum absolute atomic E-state index is 6.10. The van der Waals surface area contributed by atoms with Gasteiger partial charge in [-0.3, -0.25) is 0 Å². The van der Waals surface area contributed by atoms with Crippen LogP contribution in [0.1, 0.15) is 37.0 Å². The largest absolute Gasteiger partial charge is 0.339 e. The summed E-state index contributed by atoms with van der Waals surface area (Å²) in [5, 5.41) is 5.83. The molecule has 2 heterocycles. The van der Waals surface area contributed by atoms with Gasteiger partial charge in [-0.15, -0.1) is 0 Å². The number of benzene rings is 1. The van der Waals surface area contributed by atoms with Gasteiger partial charge in [0, 0.05) is 29.1 Å². The first-order valence-electron chi connectivity index (χ1n) is 6.88. The first-order chi connectivity index (χ1) is 10.1. The number of hydrogen-bond acceptors (Lipinski definition) is 4. The van der Waals surface area contributed by atoms with Crippen molar-refractivity contribution < 1.29 is 4.52 Å². The average Bonchev–Trinajstić information content (AvgIpc) is 3.04. The Morgan fingerprint density at radius 2 is 2.19 bits per heavy atom. The molecule has 1 aromatic carbocycles. The summed E-state index contributed by atoms with van der Waals surface area (Å²) in [7, 11) is 0. The van der Waals surface area contributed by atoms with Crippen molar-refractivity contribution in [3.05, 3.63) is 46.7 Å². The Hall–Kier alpha value is -1.85. The van der Waals surface area contributed by atoms with Gasteiger partial charge in [0.25, 0.3) is 0 Å². The van der Waals surface area contributed by atoms with Gasteiger partial charge in [-0.25, -0.2) is 0 Å². The van der Waals surface area contributed by atoms with Crippen molar-refractivity contribution in [3.63, 3.8) is 0 Å². The number of aromatic nitrogens is 3. The Kier molecular flexibility index (Phi) is 3.69. The highest BCUT2D eigenvalue weighted by molar-refractivity contribution is 6.31. The molecule has 3 rings (SSSR count). The van der Waals surface area contributed by atoms with Crippen LogP contribution in [0.2, 0.25) is 5.02 Å². The van der Waals surface area contributed by atoms with E-state index < -0.39 is 0 Å². The molecule has 6 heteroatoms. The van der Waals surface area contributed by atoms with E-state index in [1.807, 2.05) is 38.2 Å². The highest BCUT2D eigenvalue weighted by Gasteiger charge is 2.13. The zero-order valence-electron chi connectivity index (χ0n) is 12.0. The molecule has 5 nitrogen and oxygen atoms in total. The van der Waals surface area contributed by atoms with Crippen molar-refractivity contribution >= 4 is 22.5 Å². The van der Waals surface area contributed by atoms with Crippen molar-refractivity contribution in [3.8, 4) is 0 Å². The summed E-state index contributed by atoms with van der Waals surface area (Å²) in [5.74, 6) is 1.53. The van der Waals surface area contributed by atoms with Crippen LogP contribution in [0.25, 0.3) is 10.9 Å². The Bertz CT molecular complexity index is 775. The molecule has 2 N–H and O–H groups in total. The molecule has 0 saturated carbocycles. The minimum atomic E-state index is 0.224. The van der Waals surface area contributed by atoms with Crippen LogP contribution in [-0.2, 0) is 13.1 Å². The molecule has 0 fully saturated rings. The fraction of sp³-hybridized carbons (Fsp3) is 0.333. The van der Waals surface area contributed by atoms with Crippen molar-refractivity contribution in [1.82, 2.24) is 14.7 Å². The zero-order valence-corrected chi connectivity index (χ0v) is 12.8. The van der Waals surface area contributed by atoms with Crippen LogP contribution in [0.4, 0.5) is 0 Å². The van der Waals surface area contributed by atoms with E-state index in [2.05, 4.69) is 14.7 Å². The third-order valence-electron chi connectivity index (χ3n) is 3.44. The Morgan fingerprint density at radius 1 is 1.38 bits per heavy atom. The molecule has 0 spiro atoms. The summed E-state index contributed by atoms with van der Waals surface area (Å²) in [4.78, 5) is 4.41. The van der Waals surface area contributed by atoms with Crippen molar-refractivity contribution in [1.29, 1.82) is 0 Å². The SMILES string of the molecule is CC(C)c1nc(Cn2cc(CN)c3ccc(Cl)cc32)no1. The maximum Gasteiger partial charge on any atom is 0.229 e. The van der Waals surface area contributed by atoms with Gasteiger partial charge in [-0.1, -0.05) is 36.7 Å². The first kappa shape index (κ1) is 14.1. The molecule has 0 aliphatic rings. The molecule has 2 aromatic heterocycles. The minimum Gasteiger partial charge on any atom is -0.339 e. The van der Waals surface area contributed by atoms with Crippen molar-refractivity contribution in [2.24, 2.45) is 5.73 Å². The molecule has 3 aromatic rings. The Labute approximate surface area is 127 Å². The molecule has 0 aliphatic carbocycles. The maximum atomic E-state index is 6.10. The monoisotopic (exact) mass is 304 g/mol. The molecule has 0 radical (unpaired) electrons. The van der Waals surface area contributed by atoms with Crippen LogP contribution >= 0.6 is 11.6 Å². The molecular weight excluding hydrogens is 288 g/mol. The summed E-state index contributed by atoms with van der Waals surface area (Å²) in [6.07, 6.45) is 2.02. The van der Waals surface area contributed by atoms with Gasteiger partial charge in [0.2, 0.25) is 5.89 Å². The predicted molar refractivity (Wildman–Crippen MR) is 82.3 cm³/mol. The predicted octanol–water partition coefficient (Wildman–Crippen LogP) is 3.31. The van der Waals surface area contributed by atoms with Crippen LogP contribution in [0.5, 0.6) is 0 Å². The Morgan fingerprint density at radius 3 is 2.86 bits per heavy atom. The van der Waals surface area contributed by atoms with Crippen molar-refractivity contribution in [2.45, 2.75) is 32.9 Å². The van der Waals surface area contributed by atoms with Gasteiger partial charge in [-0.05, 0) is 17.7 Å². The number of nitrogens with zero attached hydrogens (tertiary/aromatic N) is 3. The number of nitrogens with two attached hydrogens (primary N) is 1. The summed E-state index contributed by atoms with van der Waals surface area (Å²) in [6.45, 7) is 5.06. The summed E-state index contributed by atoms with van der Waals surface area (Å²) >= 11 is 6.10. The van der Waals surface area contributed by atoms with Crippen LogP contribution < -0.4 is 5.73 Å². The van der Waals surface area contributed by atoms with E-state index in [1.165, 1.54) is 0 Å². The fourth-order valence-corrected chi connectivity index (χ4v) is 2.52. The van der Waals surface area contributed by atoms with E-state index in [1.54, 1.807) is 0 Å². The third-order valence-corrected chi connectivity index (χ3v) is 3.67. The lowest BCUT2D eigenvalue weighted by molar-refractivity contribution is 0.360. The number of rotatable bonds is 4. The molecule has 110 valence electrons. The van der Waals surface area contributed by atoms with E-state index in [0.29, 0.717) is 29.8 Å². The molecule has 0 bridgehead atoms. The average molecular weight is 305 g/mol. The second-order valence-electron chi connectivity index (χ2n) is 5.35. The third kappa shape index (κ3) is 2.66. The van der Waals surface area contributed by atoms with Crippen LogP contribution in [-0.4, -0.2) is 14.7 Å². The zero-order chi connectivity index (χ0) is 15.0. The van der Waals surface area contributed by atoms with E-state index in [4.69, 9.17) is 21.9 Å². The van der Waals surface area contributed by atoms with Gasteiger partial charge in [-0.2, -0.15) is 4.98 Å². The molecule has 0 amide bonds. The van der Waals surface area contributed by atoms with E-state index in [0.717, 1.165) is 16.5 Å². The Balaban J connectivity index is 2.01. The fourth-order valence-electron chi connectivity index (χ4n) is 2.35. The quantitative estimate of drug-likeness (QED) is 0.803. The number of fused-ring (bicyclic) bond motifs is 1. The summed E-state index contributed by atoms with van der Waals surface area (Å²) < 4.78 is 7.30. The summed E-state index contributed by atoms with van der Waals surface area (Å²) in [6, 6.07) is 5.80. The molecule has 0 saturated heterocycles. The first-order valence-corrected chi connectivity index (χ1v) is 7.26. The molecule has 0 aliphatic heterocycles. The smallest absolute Gasteiger partial charge is 0.229 e. The topological polar surface area (TPSA) is 69.9 Å². The van der Waals surface area contributed by atoms with Gasteiger partial charge < -0.3 is 14.8 Å². The second kappa shape index (κ2) is 5.50. The highest BCUT2D eigenvalue weighted by Crippen LogP contribution is 2.25. The van der Waals surface area contributed by atoms with Crippen molar-refractivity contribution in [2.75, 3.05) is 0 Å². The standard InChI is InChI=1S/C15H17ClN4O/c1-9(2)15-18-14(19-21-15)8-20-7-10(6-17)12-4-3-11(16)5-13(12)20/h3-5,7,9H,6,8,17H2,1-2H3. The minimum absolute atomic E-state index is 0.224. The van der Waals surface area contributed by atoms with Gasteiger partial charge in [0.15, 0.2) is 5.82 Å². The number of hydrogen-bond donors (Lipinski definition) is 1. The van der Waals surface area contributed by atoms with Gasteiger partial charge >= 0.3 is 0 Å². The van der Waals surface area contributed by atoms with Gasteiger partial charge in [0.05, 0.1) is 12.1 Å². The van der Waals surface area contributed by atoms with E-state index >= 15 is 0 Å². The second-order valence-corrected chi connectivity index (χ2v) is 5.79. The van der Waals surface area contributed by atoms with Gasteiger partial charge in [0.1, 0.15) is 0 Å². The van der Waals surface area contributed by atoms with Crippen LogP contribution in [0, 0.1) is 0 Å². The molecule has 0 atom stereocenters. The molecule has 21 heavy (non-hydrogen) atoms. The molecular formula is C15H17ClN4O. The summed E-state index contributed by atoms with van der Waals surface area (Å²) in [5.41, 5.74) is 7.91. The lowest BCUT2D eigenvalue weighted by Crippen LogP contribution is -2.01. The molecule has 0 unspecified atom stereocenters. The van der Waals surface area contributed by atoms with Crippen LogP contribution in [0.3, 0.4) is 0 Å². The highest BCUT2D eigenvalue weighted by atomic mass is 35.5.